The molecule has 6 nitrogen and oxygen atoms in total. The zero-order valence-electron chi connectivity index (χ0n) is 15.6. The first-order chi connectivity index (χ1) is 13.5. The molecule has 3 aromatic rings. The molecule has 0 atom stereocenters. The molecule has 1 N–H and O–H groups in total. The predicted octanol–water partition coefficient (Wildman–Crippen LogP) is 4.56. The normalized spacial score (nSPS) is 10.8. The van der Waals surface area contributed by atoms with Crippen molar-refractivity contribution in [1.29, 1.82) is 0 Å². The number of carbonyl (C=O) groups is 1. The van der Waals surface area contributed by atoms with E-state index in [0.29, 0.717) is 24.0 Å². The van der Waals surface area contributed by atoms with Gasteiger partial charge in [-0.2, -0.15) is 0 Å². The predicted molar refractivity (Wildman–Crippen MR) is 105 cm³/mol. The number of pyridine rings is 2. The lowest BCUT2D eigenvalue weighted by Gasteiger charge is -2.13. The van der Waals surface area contributed by atoms with Crippen molar-refractivity contribution in [3.8, 4) is 17.4 Å². The minimum Gasteiger partial charge on any atom is -0.487 e. The van der Waals surface area contributed by atoms with Gasteiger partial charge in [-0.1, -0.05) is 0 Å². The maximum absolute atomic E-state index is 10.7. The van der Waals surface area contributed by atoms with Gasteiger partial charge in [-0.3, -0.25) is 4.98 Å². The van der Waals surface area contributed by atoms with E-state index in [9.17, 15) is 4.79 Å². The molecule has 142 valence electrons. The van der Waals surface area contributed by atoms with Crippen LogP contribution in [0.5, 0.6) is 17.4 Å². The lowest BCUT2D eigenvalue weighted by Crippen LogP contribution is -1.97. The first-order valence-electron chi connectivity index (χ1n) is 8.69. The molecule has 0 radical (unpaired) electrons. The van der Waals surface area contributed by atoms with Gasteiger partial charge in [0, 0.05) is 24.5 Å². The Bertz CT molecular complexity index is 960. The van der Waals surface area contributed by atoms with Crippen molar-refractivity contribution < 1.29 is 19.4 Å². The summed E-state index contributed by atoms with van der Waals surface area (Å²) in [4.78, 5) is 18.9. The van der Waals surface area contributed by atoms with Crippen LogP contribution in [0.25, 0.3) is 6.08 Å². The van der Waals surface area contributed by atoms with Crippen molar-refractivity contribution in [3.05, 3.63) is 83.3 Å². The summed E-state index contributed by atoms with van der Waals surface area (Å²) >= 11 is 0. The highest BCUT2D eigenvalue weighted by atomic mass is 16.5. The first-order valence-corrected chi connectivity index (χ1v) is 8.69. The molecule has 2 aromatic heterocycles. The summed E-state index contributed by atoms with van der Waals surface area (Å²) in [6, 6.07) is 11.1. The fourth-order valence-corrected chi connectivity index (χ4v) is 2.67. The Hall–Kier alpha value is -3.67. The van der Waals surface area contributed by atoms with Crippen LogP contribution in [0.15, 0.2) is 61.1 Å². The molecule has 2 heterocycles. The number of hydrogen-bond acceptors (Lipinski definition) is 5. The van der Waals surface area contributed by atoms with Gasteiger partial charge in [0.25, 0.3) is 0 Å². The van der Waals surface area contributed by atoms with Crippen molar-refractivity contribution in [2.45, 2.75) is 20.5 Å². The monoisotopic (exact) mass is 376 g/mol. The Morgan fingerprint density at radius 3 is 2.43 bits per heavy atom. The fraction of sp³-hybridized carbons (Fsp3) is 0.136. The number of benzene rings is 1. The van der Waals surface area contributed by atoms with E-state index in [-0.39, 0.29) is 0 Å². The van der Waals surface area contributed by atoms with Gasteiger partial charge in [0.1, 0.15) is 18.1 Å². The van der Waals surface area contributed by atoms with Crippen molar-refractivity contribution >= 4 is 12.0 Å². The summed E-state index contributed by atoms with van der Waals surface area (Å²) in [5.74, 6) is 0.819. The first kappa shape index (κ1) is 19.1. The average Bonchev–Trinajstić information content (AvgIpc) is 2.69. The van der Waals surface area contributed by atoms with Gasteiger partial charge in [0.05, 0.1) is 6.20 Å². The summed E-state index contributed by atoms with van der Waals surface area (Å²) in [5.41, 5.74) is 3.62. The fourth-order valence-electron chi connectivity index (χ4n) is 2.67. The molecule has 0 amide bonds. The molecule has 0 unspecified atom stereocenters. The Balaban J connectivity index is 1.67. The maximum atomic E-state index is 10.7. The van der Waals surface area contributed by atoms with Crippen LogP contribution in [-0.2, 0) is 11.4 Å². The number of carboxylic acid groups (broad SMARTS) is 1. The molecule has 1 aromatic carbocycles. The summed E-state index contributed by atoms with van der Waals surface area (Å²) in [6.07, 6.45) is 7.73. The Morgan fingerprint density at radius 1 is 1.11 bits per heavy atom. The average molecular weight is 376 g/mol. The highest BCUT2D eigenvalue weighted by Crippen LogP contribution is 2.30. The van der Waals surface area contributed by atoms with Gasteiger partial charge < -0.3 is 14.6 Å². The van der Waals surface area contributed by atoms with Crippen LogP contribution < -0.4 is 9.47 Å². The Labute approximate surface area is 163 Å². The van der Waals surface area contributed by atoms with Crippen LogP contribution in [0.2, 0.25) is 0 Å². The molecule has 0 aliphatic heterocycles. The Kier molecular flexibility index (Phi) is 6.01. The second-order valence-corrected chi connectivity index (χ2v) is 6.23. The third-order valence-electron chi connectivity index (χ3n) is 3.97. The second-order valence-electron chi connectivity index (χ2n) is 6.23. The third-order valence-corrected chi connectivity index (χ3v) is 3.97. The molecule has 0 aliphatic carbocycles. The van der Waals surface area contributed by atoms with Crippen molar-refractivity contribution in [3.63, 3.8) is 0 Å². The largest absolute Gasteiger partial charge is 0.487 e. The standard InChI is InChI=1S/C22H20N2O4/c1-15-11-18(3-6-21(25)26)12-16(2)22(15)28-20-5-4-19(13-24-20)27-14-17-7-9-23-10-8-17/h3-13H,14H2,1-2H3,(H,25,26)/b6-3+. The van der Waals surface area contributed by atoms with Crippen LogP contribution in [0.3, 0.4) is 0 Å². The molecule has 0 aliphatic rings. The number of aromatic nitrogens is 2. The van der Waals surface area contributed by atoms with Gasteiger partial charge in [-0.15, -0.1) is 0 Å². The smallest absolute Gasteiger partial charge is 0.328 e. The zero-order chi connectivity index (χ0) is 19.9. The van der Waals surface area contributed by atoms with Gasteiger partial charge in [-0.25, -0.2) is 9.78 Å². The molecule has 28 heavy (non-hydrogen) atoms. The molecular weight excluding hydrogens is 356 g/mol. The number of rotatable bonds is 7. The van der Waals surface area contributed by atoms with Gasteiger partial charge in [0.2, 0.25) is 5.88 Å². The lowest BCUT2D eigenvalue weighted by molar-refractivity contribution is -0.131. The molecular formula is C22H20N2O4. The van der Waals surface area contributed by atoms with Crippen LogP contribution in [0, 0.1) is 13.8 Å². The molecule has 0 bridgehead atoms. The van der Waals surface area contributed by atoms with Gasteiger partial charge in [0.15, 0.2) is 0 Å². The molecule has 6 heteroatoms. The second kappa shape index (κ2) is 8.81. The summed E-state index contributed by atoms with van der Waals surface area (Å²) in [7, 11) is 0. The minimum absolute atomic E-state index is 0.438. The number of ether oxygens (including phenoxy) is 2. The van der Waals surface area contributed by atoms with E-state index in [1.807, 2.05) is 38.1 Å². The molecule has 0 saturated heterocycles. The van der Waals surface area contributed by atoms with E-state index in [1.54, 1.807) is 36.8 Å². The molecule has 0 spiro atoms. The number of carboxylic acids is 1. The van der Waals surface area contributed by atoms with E-state index in [0.717, 1.165) is 28.3 Å². The van der Waals surface area contributed by atoms with Crippen molar-refractivity contribution in [1.82, 2.24) is 9.97 Å². The van der Waals surface area contributed by atoms with E-state index in [4.69, 9.17) is 14.6 Å². The Morgan fingerprint density at radius 2 is 1.82 bits per heavy atom. The molecule has 0 fully saturated rings. The van der Waals surface area contributed by atoms with Gasteiger partial charge in [-0.05, 0) is 72.5 Å². The number of hydrogen-bond donors (Lipinski definition) is 1. The van der Waals surface area contributed by atoms with Crippen LogP contribution >= 0.6 is 0 Å². The van der Waals surface area contributed by atoms with E-state index < -0.39 is 5.97 Å². The molecule has 0 saturated carbocycles. The summed E-state index contributed by atoms with van der Waals surface area (Å²) < 4.78 is 11.6. The van der Waals surface area contributed by atoms with E-state index in [1.165, 1.54) is 0 Å². The highest BCUT2D eigenvalue weighted by molar-refractivity contribution is 5.85. The van der Waals surface area contributed by atoms with Crippen molar-refractivity contribution in [2.24, 2.45) is 0 Å². The zero-order valence-corrected chi connectivity index (χ0v) is 15.6. The number of aliphatic carboxylic acids is 1. The van der Waals surface area contributed by atoms with Crippen LogP contribution in [-0.4, -0.2) is 21.0 Å². The summed E-state index contributed by atoms with van der Waals surface area (Å²) in [5, 5.41) is 8.76. The van der Waals surface area contributed by atoms with Crippen LogP contribution in [0.4, 0.5) is 0 Å². The topological polar surface area (TPSA) is 81.5 Å². The van der Waals surface area contributed by atoms with E-state index >= 15 is 0 Å². The molecule has 3 rings (SSSR count). The highest BCUT2D eigenvalue weighted by Gasteiger charge is 2.08. The lowest BCUT2D eigenvalue weighted by atomic mass is 10.1. The number of nitrogens with zero attached hydrogens (tertiary/aromatic N) is 2. The third kappa shape index (κ3) is 5.17. The SMILES string of the molecule is Cc1cc(/C=C/C(=O)O)cc(C)c1Oc1ccc(OCc2ccncc2)cn1. The minimum atomic E-state index is -0.980. The van der Waals surface area contributed by atoms with Crippen molar-refractivity contribution in [2.75, 3.05) is 0 Å². The maximum Gasteiger partial charge on any atom is 0.328 e. The van der Waals surface area contributed by atoms with E-state index in [2.05, 4.69) is 9.97 Å². The summed E-state index contributed by atoms with van der Waals surface area (Å²) in [6.45, 7) is 4.26. The number of aryl methyl sites for hydroxylation is 2. The van der Waals surface area contributed by atoms with Gasteiger partial charge >= 0.3 is 5.97 Å². The quantitative estimate of drug-likeness (QED) is 0.609. The van der Waals surface area contributed by atoms with Crippen LogP contribution in [0.1, 0.15) is 22.3 Å².